The van der Waals surface area contributed by atoms with Gasteiger partial charge in [0.05, 0.1) is 0 Å². The minimum absolute atomic E-state index is 0.301. The predicted octanol–water partition coefficient (Wildman–Crippen LogP) is 5.72. The Labute approximate surface area is 145 Å². The van der Waals surface area contributed by atoms with Crippen LogP contribution in [0.25, 0.3) is 5.57 Å². The Kier molecular flexibility index (Phi) is 7.00. The van der Waals surface area contributed by atoms with Crippen molar-refractivity contribution < 1.29 is 0 Å². The summed E-state index contributed by atoms with van der Waals surface area (Å²) in [5.41, 5.74) is 4.71. The maximum absolute atomic E-state index is 3.94. The van der Waals surface area contributed by atoms with Crippen LogP contribution in [-0.2, 0) is 0 Å². The molecule has 0 unspecified atom stereocenters. The van der Waals surface area contributed by atoms with Gasteiger partial charge >= 0.3 is 0 Å². The highest BCUT2D eigenvalue weighted by Gasteiger charge is 2.06. The Morgan fingerprint density at radius 1 is 1.00 bits per heavy atom. The third-order valence-corrected chi connectivity index (χ3v) is 3.94. The van der Waals surface area contributed by atoms with E-state index in [1.807, 2.05) is 24.3 Å². The molecular formula is C23H25N. The molecule has 0 aliphatic heterocycles. The SMILES string of the molecule is C=C/C=C(C=C)/C(=C/CN[C@H](C)c1ccccc1)c1ccccc1. The van der Waals surface area contributed by atoms with Gasteiger partial charge in [-0.25, -0.2) is 0 Å². The average molecular weight is 315 g/mol. The molecule has 0 saturated heterocycles. The van der Waals surface area contributed by atoms with Crippen molar-refractivity contribution in [3.8, 4) is 0 Å². The lowest BCUT2D eigenvalue weighted by Crippen LogP contribution is -2.18. The Balaban J connectivity index is 2.18. The summed E-state index contributed by atoms with van der Waals surface area (Å²) in [6.07, 6.45) is 7.88. The molecule has 1 heteroatoms. The van der Waals surface area contributed by atoms with E-state index in [-0.39, 0.29) is 0 Å². The molecule has 0 spiro atoms. The molecule has 0 radical (unpaired) electrons. The lowest BCUT2D eigenvalue weighted by Gasteiger charge is -2.14. The number of nitrogens with one attached hydrogen (secondary N) is 1. The highest BCUT2D eigenvalue weighted by atomic mass is 14.9. The zero-order chi connectivity index (χ0) is 17.2. The van der Waals surface area contributed by atoms with Crippen molar-refractivity contribution in [2.45, 2.75) is 13.0 Å². The van der Waals surface area contributed by atoms with E-state index in [1.54, 1.807) is 6.08 Å². The van der Waals surface area contributed by atoms with Crippen LogP contribution in [0.15, 0.2) is 104 Å². The molecule has 122 valence electrons. The van der Waals surface area contributed by atoms with Crippen LogP contribution in [0.4, 0.5) is 0 Å². The summed E-state index contributed by atoms with van der Waals surface area (Å²) in [5.74, 6) is 0. The molecular weight excluding hydrogens is 290 g/mol. The maximum Gasteiger partial charge on any atom is 0.0294 e. The molecule has 0 bridgehead atoms. The molecule has 1 N–H and O–H groups in total. The molecule has 2 aromatic rings. The van der Waals surface area contributed by atoms with E-state index in [1.165, 1.54) is 16.7 Å². The first-order valence-corrected chi connectivity index (χ1v) is 8.25. The number of hydrogen-bond acceptors (Lipinski definition) is 1. The van der Waals surface area contributed by atoms with Gasteiger partial charge in [-0.3, -0.25) is 0 Å². The fourth-order valence-corrected chi connectivity index (χ4v) is 2.61. The van der Waals surface area contributed by atoms with Crippen LogP contribution < -0.4 is 5.32 Å². The molecule has 2 rings (SSSR count). The molecule has 0 aromatic heterocycles. The number of benzene rings is 2. The molecule has 1 nitrogen and oxygen atoms in total. The quantitative estimate of drug-likeness (QED) is 0.614. The summed E-state index contributed by atoms with van der Waals surface area (Å²) in [4.78, 5) is 0. The van der Waals surface area contributed by atoms with E-state index in [9.17, 15) is 0 Å². The van der Waals surface area contributed by atoms with Crippen molar-refractivity contribution in [2.75, 3.05) is 6.54 Å². The molecule has 0 aliphatic rings. The molecule has 0 saturated carbocycles. The van der Waals surface area contributed by atoms with E-state index in [0.717, 1.165) is 12.1 Å². The van der Waals surface area contributed by atoms with Crippen molar-refractivity contribution in [1.29, 1.82) is 0 Å². The van der Waals surface area contributed by atoms with Crippen LogP contribution in [0.5, 0.6) is 0 Å². The standard InChI is InChI=1S/C23H25N/c1-4-12-20(5-2)23(22-15-10-7-11-16-22)17-18-24-19(3)21-13-8-6-9-14-21/h4-17,19,24H,1-2,18H2,3H3/b20-12+,23-17-/t19-/m1/s1. The number of hydrogen-bond donors (Lipinski definition) is 1. The topological polar surface area (TPSA) is 12.0 Å². The second-order valence-electron chi connectivity index (χ2n) is 5.59. The fraction of sp³-hybridized carbons (Fsp3) is 0.130. The third kappa shape index (κ3) is 4.94. The van der Waals surface area contributed by atoms with E-state index < -0.39 is 0 Å². The van der Waals surface area contributed by atoms with E-state index in [2.05, 4.69) is 80.0 Å². The Hall–Kier alpha value is -2.64. The van der Waals surface area contributed by atoms with Gasteiger partial charge in [0.1, 0.15) is 0 Å². The van der Waals surface area contributed by atoms with Gasteiger partial charge in [-0.1, -0.05) is 98.1 Å². The molecule has 1 atom stereocenters. The number of allylic oxidation sites excluding steroid dienone is 5. The van der Waals surface area contributed by atoms with E-state index in [0.29, 0.717) is 6.04 Å². The first kappa shape index (κ1) is 17.7. The monoisotopic (exact) mass is 315 g/mol. The molecule has 0 amide bonds. The van der Waals surface area contributed by atoms with E-state index >= 15 is 0 Å². The highest BCUT2D eigenvalue weighted by molar-refractivity contribution is 5.82. The first-order chi connectivity index (χ1) is 11.8. The van der Waals surface area contributed by atoms with Crippen molar-refractivity contribution >= 4 is 5.57 Å². The van der Waals surface area contributed by atoms with Crippen molar-refractivity contribution in [1.82, 2.24) is 5.32 Å². The highest BCUT2D eigenvalue weighted by Crippen LogP contribution is 2.24. The van der Waals surface area contributed by atoms with Gasteiger partial charge in [-0.05, 0) is 29.2 Å². The van der Waals surface area contributed by atoms with Crippen molar-refractivity contribution in [2.24, 2.45) is 0 Å². The van der Waals surface area contributed by atoms with Gasteiger partial charge in [0.2, 0.25) is 0 Å². The Morgan fingerprint density at radius 3 is 2.21 bits per heavy atom. The maximum atomic E-state index is 3.94. The normalized spacial score (nSPS) is 13.4. The zero-order valence-corrected chi connectivity index (χ0v) is 14.3. The summed E-state index contributed by atoms with van der Waals surface area (Å²) >= 11 is 0. The summed E-state index contributed by atoms with van der Waals surface area (Å²) < 4.78 is 0. The van der Waals surface area contributed by atoms with Crippen LogP contribution in [0.2, 0.25) is 0 Å². The van der Waals surface area contributed by atoms with Gasteiger partial charge in [-0.15, -0.1) is 0 Å². The second-order valence-corrected chi connectivity index (χ2v) is 5.59. The smallest absolute Gasteiger partial charge is 0.0294 e. The lowest BCUT2D eigenvalue weighted by molar-refractivity contribution is 0.618. The Bertz CT molecular complexity index is 708. The summed E-state index contributed by atoms with van der Waals surface area (Å²) in [6.45, 7) is 10.7. The molecule has 24 heavy (non-hydrogen) atoms. The zero-order valence-electron chi connectivity index (χ0n) is 14.3. The summed E-state index contributed by atoms with van der Waals surface area (Å²) in [5, 5.41) is 3.56. The molecule has 0 aliphatic carbocycles. The van der Waals surface area contributed by atoms with Gasteiger partial charge in [0.25, 0.3) is 0 Å². The minimum atomic E-state index is 0.301. The van der Waals surface area contributed by atoms with Crippen LogP contribution in [0.1, 0.15) is 24.1 Å². The average Bonchev–Trinajstić information content (AvgIpc) is 2.65. The van der Waals surface area contributed by atoms with Crippen LogP contribution in [0, 0.1) is 0 Å². The van der Waals surface area contributed by atoms with E-state index in [4.69, 9.17) is 0 Å². The summed E-state index contributed by atoms with van der Waals surface area (Å²) in [6, 6.07) is 21.1. The molecule has 0 fully saturated rings. The molecule has 0 heterocycles. The predicted molar refractivity (Wildman–Crippen MR) is 106 cm³/mol. The second kappa shape index (κ2) is 9.49. The van der Waals surface area contributed by atoms with Crippen molar-refractivity contribution in [3.05, 3.63) is 115 Å². The van der Waals surface area contributed by atoms with Crippen LogP contribution in [-0.4, -0.2) is 6.54 Å². The van der Waals surface area contributed by atoms with Crippen LogP contribution >= 0.6 is 0 Å². The number of rotatable bonds is 8. The third-order valence-electron chi connectivity index (χ3n) is 3.94. The minimum Gasteiger partial charge on any atom is -0.307 e. The van der Waals surface area contributed by atoms with Gasteiger partial charge < -0.3 is 5.32 Å². The fourth-order valence-electron chi connectivity index (χ4n) is 2.61. The summed E-state index contributed by atoms with van der Waals surface area (Å²) in [7, 11) is 0. The van der Waals surface area contributed by atoms with Gasteiger partial charge in [0.15, 0.2) is 0 Å². The Morgan fingerprint density at radius 2 is 1.62 bits per heavy atom. The van der Waals surface area contributed by atoms with Gasteiger partial charge in [0, 0.05) is 12.6 Å². The first-order valence-electron chi connectivity index (χ1n) is 8.25. The van der Waals surface area contributed by atoms with Crippen molar-refractivity contribution in [3.63, 3.8) is 0 Å². The van der Waals surface area contributed by atoms with Crippen LogP contribution in [0.3, 0.4) is 0 Å². The molecule has 2 aromatic carbocycles. The largest absolute Gasteiger partial charge is 0.307 e. The van der Waals surface area contributed by atoms with Gasteiger partial charge in [-0.2, -0.15) is 0 Å². The lowest BCUT2D eigenvalue weighted by atomic mass is 9.97.